The van der Waals surface area contributed by atoms with Crippen LogP contribution >= 0.6 is 15.9 Å². The van der Waals surface area contributed by atoms with Crippen molar-refractivity contribution in [3.8, 4) is 0 Å². The molecule has 0 radical (unpaired) electrons. The van der Waals surface area contributed by atoms with E-state index in [1.807, 2.05) is 13.0 Å². The quantitative estimate of drug-likeness (QED) is 0.855. The number of ketones is 1. The van der Waals surface area contributed by atoms with E-state index in [0.29, 0.717) is 13.0 Å². The van der Waals surface area contributed by atoms with E-state index in [4.69, 9.17) is 4.74 Å². The molecule has 2 atom stereocenters. The fourth-order valence-corrected chi connectivity index (χ4v) is 2.45. The van der Waals surface area contributed by atoms with Gasteiger partial charge in [0.05, 0.1) is 6.10 Å². The van der Waals surface area contributed by atoms with Gasteiger partial charge in [0, 0.05) is 35.8 Å². The number of hydrogen-bond donors (Lipinski definition) is 0. The lowest BCUT2D eigenvalue weighted by molar-refractivity contribution is -0.123. The number of nitrogens with zero attached hydrogens (tertiary/aromatic N) is 1. The molecule has 1 aliphatic rings. The molecule has 86 valence electrons. The van der Waals surface area contributed by atoms with Gasteiger partial charge in [0.2, 0.25) is 0 Å². The van der Waals surface area contributed by atoms with Crippen molar-refractivity contribution in [1.82, 2.24) is 4.98 Å². The van der Waals surface area contributed by atoms with Crippen LogP contribution in [0.1, 0.15) is 18.9 Å². The van der Waals surface area contributed by atoms with E-state index < -0.39 is 0 Å². The number of carbonyl (C=O) groups excluding carboxylic acids is 1. The molecule has 1 aliphatic heterocycles. The summed E-state index contributed by atoms with van der Waals surface area (Å²) in [5.41, 5.74) is 0.957. The molecule has 0 saturated carbocycles. The van der Waals surface area contributed by atoms with E-state index in [9.17, 15) is 4.79 Å². The largest absolute Gasteiger partial charge is 0.378 e. The van der Waals surface area contributed by atoms with Crippen LogP contribution in [0.2, 0.25) is 0 Å². The highest BCUT2D eigenvalue weighted by atomic mass is 79.9. The highest BCUT2D eigenvalue weighted by molar-refractivity contribution is 9.10. The molecule has 0 bridgehead atoms. The summed E-state index contributed by atoms with van der Waals surface area (Å²) in [5.74, 6) is 0.309. The standard InChI is InChI=1S/C12H14BrNO2/c1-8-11(2-3-16-8)12(15)5-9-4-10(13)7-14-6-9/h4,6-8,11H,2-3,5H2,1H3. The van der Waals surface area contributed by atoms with Gasteiger partial charge in [-0.3, -0.25) is 9.78 Å². The molecule has 2 heterocycles. The minimum absolute atomic E-state index is 0.0546. The number of Topliss-reactive ketones (excluding diaryl/α,β-unsaturated/α-hetero) is 1. The number of rotatable bonds is 3. The highest BCUT2D eigenvalue weighted by Crippen LogP contribution is 2.23. The molecule has 4 heteroatoms. The van der Waals surface area contributed by atoms with Gasteiger partial charge in [-0.15, -0.1) is 0 Å². The van der Waals surface area contributed by atoms with Gasteiger partial charge in [-0.25, -0.2) is 0 Å². The number of halogens is 1. The van der Waals surface area contributed by atoms with Crippen LogP contribution in [0.5, 0.6) is 0 Å². The maximum atomic E-state index is 12.0. The molecule has 0 spiro atoms. The first-order valence-corrected chi connectivity index (χ1v) is 6.20. The van der Waals surface area contributed by atoms with Gasteiger partial charge in [0.25, 0.3) is 0 Å². The minimum Gasteiger partial charge on any atom is -0.378 e. The summed E-state index contributed by atoms with van der Waals surface area (Å²) in [7, 11) is 0. The average molecular weight is 284 g/mol. The van der Waals surface area contributed by atoms with Gasteiger partial charge >= 0.3 is 0 Å². The summed E-state index contributed by atoms with van der Waals surface area (Å²) < 4.78 is 6.31. The third kappa shape index (κ3) is 2.68. The van der Waals surface area contributed by atoms with E-state index in [2.05, 4.69) is 20.9 Å². The van der Waals surface area contributed by atoms with Crippen molar-refractivity contribution in [3.63, 3.8) is 0 Å². The summed E-state index contributed by atoms with van der Waals surface area (Å²) in [6.07, 6.45) is 4.82. The van der Waals surface area contributed by atoms with Gasteiger partial charge < -0.3 is 4.74 Å². The van der Waals surface area contributed by atoms with Crippen LogP contribution in [0, 0.1) is 5.92 Å². The molecular weight excluding hydrogens is 270 g/mol. The molecule has 1 saturated heterocycles. The summed E-state index contributed by atoms with van der Waals surface area (Å²) in [6, 6.07) is 1.94. The molecule has 1 aromatic rings. The molecule has 0 aromatic carbocycles. The van der Waals surface area contributed by atoms with Crippen LogP contribution in [-0.4, -0.2) is 23.5 Å². The van der Waals surface area contributed by atoms with Crippen LogP contribution in [-0.2, 0) is 16.0 Å². The zero-order valence-corrected chi connectivity index (χ0v) is 10.7. The Kier molecular flexibility index (Phi) is 3.71. The Hall–Kier alpha value is -0.740. The number of ether oxygens (including phenoxy) is 1. The van der Waals surface area contributed by atoms with Crippen molar-refractivity contribution in [2.45, 2.75) is 25.9 Å². The van der Waals surface area contributed by atoms with Gasteiger partial charge in [-0.2, -0.15) is 0 Å². The van der Waals surface area contributed by atoms with Crippen molar-refractivity contribution >= 4 is 21.7 Å². The summed E-state index contributed by atoms with van der Waals surface area (Å²) in [4.78, 5) is 16.1. The second-order valence-electron chi connectivity index (χ2n) is 4.13. The predicted octanol–water partition coefficient (Wildman–Crippen LogP) is 2.38. The maximum Gasteiger partial charge on any atom is 0.143 e. The van der Waals surface area contributed by atoms with E-state index in [0.717, 1.165) is 16.5 Å². The zero-order chi connectivity index (χ0) is 11.5. The van der Waals surface area contributed by atoms with Crippen molar-refractivity contribution in [1.29, 1.82) is 0 Å². The summed E-state index contributed by atoms with van der Waals surface area (Å²) in [5, 5.41) is 0. The highest BCUT2D eigenvalue weighted by Gasteiger charge is 2.30. The Labute approximate surface area is 103 Å². The molecule has 0 N–H and O–H groups in total. The number of aromatic nitrogens is 1. The Morgan fingerprint density at radius 3 is 3.06 bits per heavy atom. The molecule has 2 unspecified atom stereocenters. The topological polar surface area (TPSA) is 39.2 Å². The first kappa shape index (κ1) is 11.7. The van der Waals surface area contributed by atoms with Gasteiger partial charge in [-0.05, 0) is 40.9 Å². The Morgan fingerprint density at radius 2 is 2.44 bits per heavy atom. The van der Waals surface area contributed by atoms with E-state index >= 15 is 0 Å². The number of hydrogen-bond acceptors (Lipinski definition) is 3. The lowest BCUT2D eigenvalue weighted by atomic mass is 9.93. The average Bonchev–Trinajstić information content (AvgIpc) is 2.64. The first-order chi connectivity index (χ1) is 7.66. The van der Waals surface area contributed by atoms with Gasteiger partial charge in [0.1, 0.15) is 5.78 Å². The fourth-order valence-electron chi connectivity index (χ4n) is 2.04. The Morgan fingerprint density at radius 1 is 1.62 bits per heavy atom. The predicted molar refractivity (Wildman–Crippen MR) is 64.2 cm³/mol. The van der Waals surface area contributed by atoms with Crippen LogP contribution in [0.4, 0.5) is 0 Å². The third-order valence-corrected chi connectivity index (χ3v) is 3.36. The molecule has 3 nitrogen and oxygen atoms in total. The second kappa shape index (κ2) is 5.06. The SMILES string of the molecule is CC1OCCC1C(=O)Cc1cncc(Br)c1. The fraction of sp³-hybridized carbons (Fsp3) is 0.500. The molecule has 16 heavy (non-hydrogen) atoms. The van der Waals surface area contributed by atoms with Crippen molar-refractivity contribution in [2.75, 3.05) is 6.61 Å². The smallest absolute Gasteiger partial charge is 0.143 e. The minimum atomic E-state index is 0.0546. The molecule has 1 aromatic heterocycles. The van der Waals surface area contributed by atoms with E-state index in [1.54, 1.807) is 12.4 Å². The molecular formula is C12H14BrNO2. The van der Waals surface area contributed by atoms with Crippen molar-refractivity contribution in [3.05, 3.63) is 28.5 Å². The van der Waals surface area contributed by atoms with Crippen LogP contribution in [0.25, 0.3) is 0 Å². The monoisotopic (exact) mass is 283 g/mol. The first-order valence-electron chi connectivity index (χ1n) is 5.40. The van der Waals surface area contributed by atoms with Crippen LogP contribution in [0.3, 0.4) is 0 Å². The second-order valence-corrected chi connectivity index (χ2v) is 5.04. The Bertz CT molecular complexity index is 394. The third-order valence-electron chi connectivity index (χ3n) is 2.93. The maximum absolute atomic E-state index is 12.0. The van der Waals surface area contributed by atoms with E-state index in [1.165, 1.54) is 0 Å². The van der Waals surface area contributed by atoms with Gasteiger partial charge in [-0.1, -0.05) is 0 Å². The molecule has 1 fully saturated rings. The normalized spacial score (nSPS) is 24.6. The lowest BCUT2D eigenvalue weighted by Gasteiger charge is -2.12. The number of pyridine rings is 1. The van der Waals surface area contributed by atoms with Crippen molar-refractivity contribution < 1.29 is 9.53 Å². The molecule has 0 aliphatic carbocycles. The van der Waals surface area contributed by atoms with Crippen LogP contribution in [0.15, 0.2) is 22.9 Å². The summed E-state index contributed by atoms with van der Waals surface area (Å²) in [6.45, 7) is 2.67. The lowest BCUT2D eigenvalue weighted by Crippen LogP contribution is -2.23. The summed E-state index contributed by atoms with van der Waals surface area (Å²) >= 11 is 3.35. The number of carbonyl (C=O) groups is 1. The zero-order valence-electron chi connectivity index (χ0n) is 9.15. The Balaban J connectivity index is 2.02. The van der Waals surface area contributed by atoms with E-state index in [-0.39, 0.29) is 17.8 Å². The van der Waals surface area contributed by atoms with Crippen molar-refractivity contribution in [2.24, 2.45) is 5.92 Å². The molecule has 2 rings (SSSR count). The molecule has 0 amide bonds. The van der Waals surface area contributed by atoms with Crippen LogP contribution < -0.4 is 0 Å². The van der Waals surface area contributed by atoms with Gasteiger partial charge in [0.15, 0.2) is 0 Å².